The molecule has 0 saturated heterocycles. The number of rotatable bonds is 2. The van der Waals surface area contributed by atoms with Crippen molar-refractivity contribution in [2.75, 3.05) is 0 Å². The van der Waals surface area contributed by atoms with Gasteiger partial charge in [-0.1, -0.05) is 6.58 Å². The molecule has 0 unspecified atom stereocenters. The van der Waals surface area contributed by atoms with Gasteiger partial charge < -0.3 is 5.32 Å². The molecule has 1 N–H and O–H groups in total. The van der Waals surface area contributed by atoms with Gasteiger partial charge in [0.2, 0.25) is 0 Å². The first-order chi connectivity index (χ1) is 3.66. The van der Waals surface area contributed by atoms with Crippen LogP contribution in [0.3, 0.4) is 0 Å². The van der Waals surface area contributed by atoms with Gasteiger partial charge in [-0.2, -0.15) is 0 Å². The first kappa shape index (κ1) is 7.32. The van der Waals surface area contributed by atoms with Gasteiger partial charge >= 0.3 is 0 Å². The molecular formula is C7H13N. The van der Waals surface area contributed by atoms with Gasteiger partial charge in [0.1, 0.15) is 0 Å². The van der Waals surface area contributed by atoms with Crippen LogP contribution in [0.25, 0.3) is 0 Å². The number of hydrogen-bond acceptors (Lipinski definition) is 1. The van der Waals surface area contributed by atoms with Gasteiger partial charge in [0.15, 0.2) is 0 Å². The van der Waals surface area contributed by atoms with Crippen LogP contribution in [0.5, 0.6) is 0 Å². The van der Waals surface area contributed by atoms with E-state index in [9.17, 15) is 0 Å². The Morgan fingerprint density at radius 1 is 1.62 bits per heavy atom. The van der Waals surface area contributed by atoms with Gasteiger partial charge in [-0.25, -0.2) is 0 Å². The molecule has 0 atom stereocenters. The quantitative estimate of drug-likeness (QED) is 0.534. The van der Waals surface area contributed by atoms with Gasteiger partial charge in [-0.15, -0.1) is 5.73 Å². The van der Waals surface area contributed by atoms with E-state index in [4.69, 9.17) is 0 Å². The average molecular weight is 111 g/mol. The van der Waals surface area contributed by atoms with E-state index in [-0.39, 0.29) is 0 Å². The van der Waals surface area contributed by atoms with Crippen molar-refractivity contribution in [1.82, 2.24) is 5.32 Å². The summed E-state index contributed by atoms with van der Waals surface area (Å²) in [4.78, 5) is 0. The van der Waals surface area contributed by atoms with Gasteiger partial charge in [0.05, 0.1) is 5.70 Å². The topological polar surface area (TPSA) is 12.0 Å². The first-order valence-corrected chi connectivity index (χ1v) is 2.80. The highest BCUT2D eigenvalue weighted by Gasteiger charge is 1.87. The highest BCUT2D eigenvalue weighted by Crippen LogP contribution is 1.84. The van der Waals surface area contributed by atoms with E-state index in [0.29, 0.717) is 6.04 Å². The predicted octanol–water partition coefficient (Wildman–Crippen LogP) is 1.67. The molecule has 0 amide bonds. The van der Waals surface area contributed by atoms with Crippen LogP contribution in [-0.2, 0) is 0 Å². The van der Waals surface area contributed by atoms with E-state index in [1.165, 1.54) is 0 Å². The summed E-state index contributed by atoms with van der Waals surface area (Å²) in [5, 5.41) is 3.14. The molecule has 0 aliphatic heterocycles. The molecule has 0 radical (unpaired) electrons. The molecule has 0 saturated carbocycles. The van der Waals surface area contributed by atoms with Crippen LogP contribution in [0.1, 0.15) is 20.8 Å². The summed E-state index contributed by atoms with van der Waals surface area (Å²) >= 11 is 0. The molecule has 0 aromatic carbocycles. The van der Waals surface area contributed by atoms with Crippen molar-refractivity contribution in [2.24, 2.45) is 0 Å². The smallest absolute Gasteiger partial charge is 0.0502 e. The third-order valence-electron chi connectivity index (χ3n) is 0.770. The van der Waals surface area contributed by atoms with Gasteiger partial charge in [-0.3, -0.25) is 0 Å². The standard InChI is InChI=1S/C7H13N/c1-5-7(4)8-6(2)3/h6,8H,1H2,2-4H3. The second-order valence-electron chi connectivity index (χ2n) is 2.10. The maximum Gasteiger partial charge on any atom is 0.0502 e. The Balaban J connectivity index is 3.56. The van der Waals surface area contributed by atoms with Gasteiger partial charge in [-0.05, 0) is 20.8 Å². The van der Waals surface area contributed by atoms with Crippen molar-refractivity contribution in [3.05, 3.63) is 18.0 Å². The minimum absolute atomic E-state index is 0.490. The lowest BCUT2D eigenvalue weighted by Crippen LogP contribution is -2.19. The van der Waals surface area contributed by atoms with Crippen LogP contribution in [0, 0.1) is 0 Å². The second kappa shape index (κ2) is 3.34. The third kappa shape index (κ3) is 3.51. The summed E-state index contributed by atoms with van der Waals surface area (Å²) in [6.07, 6.45) is 0. The number of hydrogen-bond donors (Lipinski definition) is 1. The van der Waals surface area contributed by atoms with Crippen molar-refractivity contribution in [3.8, 4) is 0 Å². The lowest BCUT2D eigenvalue weighted by Gasteiger charge is -2.06. The molecule has 46 valence electrons. The van der Waals surface area contributed by atoms with Crippen LogP contribution in [0.2, 0.25) is 0 Å². The summed E-state index contributed by atoms with van der Waals surface area (Å²) in [7, 11) is 0. The lowest BCUT2D eigenvalue weighted by atomic mass is 10.4. The monoisotopic (exact) mass is 111 g/mol. The molecule has 0 rings (SSSR count). The largest absolute Gasteiger partial charge is 0.380 e. The molecule has 0 aromatic rings. The van der Waals surface area contributed by atoms with E-state index in [1.807, 2.05) is 6.92 Å². The molecule has 8 heavy (non-hydrogen) atoms. The van der Waals surface area contributed by atoms with Crippen LogP contribution >= 0.6 is 0 Å². The van der Waals surface area contributed by atoms with Gasteiger partial charge in [0, 0.05) is 6.04 Å². The molecular weight excluding hydrogens is 98.1 g/mol. The molecule has 0 aliphatic carbocycles. The Morgan fingerprint density at radius 3 is 2.25 bits per heavy atom. The Kier molecular flexibility index (Phi) is 3.05. The van der Waals surface area contributed by atoms with Crippen molar-refractivity contribution >= 4 is 0 Å². The summed E-state index contributed by atoms with van der Waals surface area (Å²) in [6, 6.07) is 0.490. The summed E-state index contributed by atoms with van der Waals surface area (Å²) in [5.41, 5.74) is 3.77. The number of allylic oxidation sites excluding steroid dienone is 1. The number of nitrogens with one attached hydrogen (secondary N) is 1. The van der Waals surface area contributed by atoms with Crippen molar-refractivity contribution in [3.63, 3.8) is 0 Å². The zero-order chi connectivity index (χ0) is 6.57. The van der Waals surface area contributed by atoms with E-state index >= 15 is 0 Å². The second-order valence-corrected chi connectivity index (χ2v) is 2.10. The molecule has 0 spiro atoms. The van der Waals surface area contributed by atoms with Crippen molar-refractivity contribution in [2.45, 2.75) is 26.8 Å². The normalized spacial score (nSPS) is 8.50. The van der Waals surface area contributed by atoms with Crippen LogP contribution in [0.15, 0.2) is 18.0 Å². The Hall–Kier alpha value is -0.680. The first-order valence-electron chi connectivity index (χ1n) is 2.80. The average Bonchev–Trinajstić information content (AvgIpc) is 1.65. The zero-order valence-electron chi connectivity index (χ0n) is 5.78. The van der Waals surface area contributed by atoms with E-state index in [0.717, 1.165) is 5.70 Å². The summed E-state index contributed by atoms with van der Waals surface area (Å²) < 4.78 is 0. The van der Waals surface area contributed by atoms with E-state index in [1.54, 1.807) is 0 Å². The highest BCUT2D eigenvalue weighted by molar-refractivity contribution is 4.91. The molecule has 1 nitrogen and oxygen atoms in total. The minimum Gasteiger partial charge on any atom is -0.380 e. The fourth-order valence-corrected chi connectivity index (χ4v) is 0.484. The molecule has 0 aliphatic rings. The summed E-state index contributed by atoms with van der Waals surface area (Å²) in [5.74, 6) is 0. The fourth-order valence-electron chi connectivity index (χ4n) is 0.484. The third-order valence-corrected chi connectivity index (χ3v) is 0.770. The Labute approximate surface area is 51.1 Å². The Bertz CT molecular complexity index is 108. The maximum absolute atomic E-state index is 3.49. The zero-order valence-corrected chi connectivity index (χ0v) is 5.78. The molecule has 0 fully saturated rings. The molecule has 0 aromatic heterocycles. The summed E-state index contributed by atoms with van der Waals surface area (Å²) in [6.45, 7) is 9.61. The maximum atomic E-state index is 3.49. The minimum atomic E-state index is 0.490. The van der Waals surface area contributed by atoms with Gasteiger partial charge in [0.25, 0.3) is 0 Å². The van der Waals surface area contributed by atoms with Crippen LogP contribution in [-0.4, -0.2) is 6.04 Å². The Morgan fingerprint density at radius 2 is 2.12 bits per heavy atom. The van der Waals surface area contributed by atoms with Crippen molar-refractivity contribution in [1.29, 1.82) is 0 Å². The highest BCUT2D eigenvalue weighted by atomic mass is 14.9. The van der Waals surface area contributed by atoms with E-state index in [2.05, 4.69) is 31.5 Å². The van der Waals surface area contributed by atoms with Crippen molar-refractivity contribution < 1.29 is 0 Å². The SMILES string of the molecule is C=C=C(C)NC(C)C. The molecule has 0 bridgehead atoms. The van der Waals surface area contributed by atoms with E-state index < -0.39 is 0 Å². The van der Waals surface area contributed by atoms with Crippen LogP contribution < -0.4 is 5.32 Å². The molecule has 1 heteroatoms. The predicted molar refractivity (Wildman–Crippen MR) is 36.6 cm³/mol. The lowest BCUT2D eigenvalue weighted by molar-refractivity contribution is 0.671. The fraction of sp³-hybridized carbons (Fsp3) is 0.571. The molecule has 0 heterocycles. The van der Waals surface area contributed by atoms with Crippen LogP contribution in [0.4, 0.5) is 0 Å².